The molecular formula is C64H131N2O24+. The summed E-state index contributed by atoms with van der Waals surface area (Å²) in [5, 5.41) is 2.94. The standard InChI is InChI=1S/C64H130N2O24/c1-2-3-4-5-6-7-8-9-10-11-12-13-14-15-64(67)66-17-19-69-21-23-71-25-27-73-29-31-75-33-35-77-37-39-79-41-43-81-45-47-83-49-51-85-53-55-87-57-59-89-61-63-90-62-60-88-58-56-86-54-52-84-50-48-82-46-44-80-42-40-78-38-36-76-34-32-74-30-28-72-26-24-70-22-20-68-18-16-65/h2-63,65H2,1H3,(H,66,67)/p+1. The molecule has 0 radical (unpaired) electrons. The number of hydrogen-bond donors (Lipinski definition) is 2. The van der Waals surface area contributed by atoms with Crippen molar-refractivity contribution >= 4 is 5.91 Å². The predicted molar refractivity (Wildman–Crippen MR) is 340 cm³/mol. The zero-order valence-electron chi connectivity index (χ0n) is 56.3. The fraction of sp³-hybridized carbons (Fsp3) is 0.984. The van der Waals surface area contributed by atoms with Gasteiger partial charge in [0.1, 0.15) is 0 Å². The minimum absolute atomic E-state index is 0.112. The Labute approximate surface area is 542 Å². The molecule has 0 aliphatic rings. The van der Waals surface area contributed by atoms with Gasteiger partial charge in [-0.05, 0) is 6.42 Å². The molecule has 0 bridgehead atoms. The average molecular weight is 1310 g/mol. The molecule has 90 heavy (non-hydrogen) atoms. The average Bonchev–Trinajstić information content (AvgIpc) is 3.55. The van der Waals surface area contributed by atoms with E-state index in [-0.39, 0.29) is 5.91 Å². The van der Waals surface area contributed by atoms with Crippen molar-refractivity contribution in [3.05, 3.63) is 0 Å². The lowest BCUT2D eigenvalue weighted by Gasteiger charge is -2.09. The zero-order valence-corrected chi connectivity index (χ0v) is 56.3. The van der Waals surface area contributed by atoms with Crippen molar-refractivity contribution in [1.29, 1.82) is 0 Å². The number of ether oxygens (including phenoxy) is 23. The Balaban J connectivity index is 3.11. The third-order valence-electron chi connectivity index (χ3n) is 12.5. The van der Waals surface area contributed by atoms with Gasteiger partial charge in [-0.1, -0.05) is 84.0 Å². The molecule has 0 heterocycles. The van der Waals surface area contributed by atoms with E-state index in [4.69, 9.17) is 109 Å². The van der Waals surface area contributed by atoms with Crippen molar-refractivity contribution in [1.82, 2.24) is 5.32 Å². The molecule has 0 saturated heterocycles. The van der Waals surface area contributed by atoms with Crippen LogP contribution in [0.5, 0.6) is 0 Å². The third-order valence-corrected chi connectivity index (χ3v) is 12.5. The first-order chi connectivity index (χ1) is 44.8. The highest BCUT2D eigenvalue weighted by atomic mass is 16.6. The molecule has 26 nitrogen and oxygen atoms in total. The fourth-order valence-corrected chi connectivity index (χ4v) is 7.70. The maximum absolute atomic E-state index is 12.0. The van der Waals surface area contributed by atoms with E-state index >= 15 is 0 Å². The number of hydrogen-bond acceptors (Lipinski definition) is 24. The number of nitrogens with one attached hydrogen (secondary N) is 1. The van der Waals surface area contributed by atoms with Crippen LogP contribution in [0.2, 0.25) is 0 Å². The number of amides is 1. The second kappa shape index (κ2) is 85.5. The Hall–Kier alpha value is -1.49. The number of quaternary nitrogens is 1. The molecule has 0 unspecified atom stereocenters. The summed E-state index contributed by atoms with van der Waals surface area (Å²) in [4.78, 5) is 12.0. The molecule has 0 aliphatic carbocycles. The van der Waals surface area contributed by atoms with Crippen LogP contribution in [0.3, 0.4) is 0 Å². The Morgan fingerprint density at radius 2 is 0.356 bits per heavy atom. The molecular weight excluding hydrogens is 1180 g/mol. The highest BCUT2D eigenvalue weighted by Crippen LogP contribution is 2.13. The van der Waals surface area contributed by atoms with Gasteiger partial charge in [-0.15, -0.1) is 0 Å². The van der Waals surface area contributed by atoms with Crippen LogP contribution in [-0.2, 0) is 114 Å². The molecule has 4 N–H and O–H groups in total. The summed E-state index contributed by atoms with van der Waals surface area (Å²) in [5.74, 6) is 0.112. The van der Waals surface area contributed by atoms with Crippen LogP contribution in [0.25, 0.3) is 0 Å². The Morgan fingerprint density at radius 3 is 0.522 bits per heavy atom. The van der Waals surface area contributed by atoms with Crippen molar-refractivity contribution in [3.63, 3.8) is 0 Å². The largest absolute Gasteiger partial charge is 0.377 e. The molecule has 0 aromatic carbocycles. The van der Waals surface area contributed by atoms with Crippen molar-refractivity contribution < 1.29 is 119 Å². The lowest BCUT2D eigenvalue weighted by molar-refractivity contribution is -0.374. The van der Waals surface area contributed by atoms with E-state index in [0.717, 1.165) is 19.4 Å². The molecule has 540 valence electrons. The maximum Gasteiger partial charge on any atom is 0.220 e. The summed E-state index contributed by atoms with van der Waals surface area (Å²) in [6.07, 6.45) is 17.6. The van der Waals surface area contributed by atoms with Crippen LogP contribution in [0.15, 0.2) is 0 Å². The molecule has 0 spiro atoms. The van der Waals surface area contributed by atoms with E-state index in [0.29, 0.717) is 317 Å². The van der Waals surface area contributed by atoms with Crippen molar-refractivity contribution in [2.75, 3.05) is 317 Å². The summed E-state index contributed by atoms with van der Waals surface area (Å²) >= 11 is 0. The highest BCUT2D eigenvalue weighted by molar-refractivity contribution is 5.75. The summed E-state index contributed by atoms with van der Waals surface area (Å²) in [7, 11) is 0. The molecule has 0 saturated carbocycles. The summed E-state index contributed by atoms with van der Waals surface area (Å²) < 4.78 is 127. The molecule has 0 aromatic heterocycles. The monoisotopic (exact) mass is 1310 g/mol. The molecule has 0 aliphatic heterocycles. The van der Waals surface area contributed by atoms with E-state index in [1.165, 1.54) is 70.6 Å². The zero-order chi connectivity index (χ0) is 64.4. The Morgan fingerprint density at radius 1 is 0.211 bits per heavy atom. The van der Waals surface area contributed by atoms with E-state index in [1.807, 2.05) is 0 Å². The van der Waals surface area contributed by atoms with Gasteiger partial charge in [0.25, 0.3) is 0 Å². The normalized spacial score (nSPS) is 11.7. The van der Waals surface area contributed by atoms with E-state index in [9.17, 15) is 4.79 Å². The highest BCUT2D eigenvalue weighted by Gasteiger charge is 2.04. The van der Waals surface area contributed by atoms with Gasteiger partial charge in [0, 0.05) is 13.0 Å². The Kier molecular flexibility index (Phi) is 84.1. The van der Waals surface area contributed by atoms with Crippen LogP contribution in [0, 0.1) is 0 Å². The summed E-state index contributed by atoms with van der Waals surface area (Å²) in [5.41, 5.74) is 3.72. The molecule has 0 aromatic rings. The van der Waals surface area contributed by atoms with Gasteiger partial charge in [0.2, 0.25) is 5.91 Å². The quantitative estimate of drug-likeness (QED) is 0.0808. The first-order valence-electron chi connectivity index (χ1n) is 34.1. The fourth-order valence-electron chi connectivity index (χ4n) is 7.70. The van der Waals surface area contributed by atoms with E-state index in [1.54, 1.807) is 0 Å². The van der Waals surface area contributed by atoms with Crippen molar-refractivity contribution in [2.45, 2.75) is 96.8 Å². The number of unbranched alkanes of at least 4 members (excludes halogenated alkanes) is 12. The maximum atomic E-state index is 12.0. The SMILES string of the molecule is CCCCCCCCCCCCCCCC(=O)NCCOCCOCCOCCOCCOCCOCCOCCOCCOCCOCCOCCOCCOCCOCCOCCOCCOCCOCCOCCOCCOCCOCCOCC[NH3+]. The minimum atomic E-state index is 0.112. The van der Waals surface area contributed by atoms with Gasteiger partial charge in [0.05, 0.1) is 310 Å². The van der Waals surface area contributed by atoms with Crippen LogP contribution in [-0.4, -0.2) is 323 Å². The smallest absolute Gasteiger partial charge is 0.220 e. The second-order valence-electron chi connectivity index (χ2n) is 20.3. The topological polar surface area (TPSA) is 269 Å². The third kappa shape index (κ3) is 84.5. The van der Waals surface area contributed by atoms with Crippen LogP contribution in [0.1, 0.15) is 96.8 Å². The van der Waals surface area contributed by atoms with Gasteiger partial charge in [-0.3, -0.25) is 4.79 Å². The molecule has 0 rings (SSSR count). The molecule has 1 amide bonds. The lowest BCUT2D eigenvalue weighted by atomic mass is 10.0. The van der Waals surface area contributed by atoms with Crippen LogP contribution < -0.4 is 11.1 Å². The summed E-state index contributed by atoms with van der Waals surface area (Å²) in [6, 6.07) is 0. The first-order valence-corrected chi connectivity index (χ1v) is 34.1. The van der Waals surface area contributed by atoms with Gasteiger partial charge in [-0.2, -0.15) is 0 Å². The first kappa shape index (κ1) is 88.5. The van der Waals surface area contributed by atoms with Gasteiger partial charge < -0.3 is 120 Å². The predicted octanol–water partition coefficient (Wildman–Crippen LogP) is 4.21. The van der Waals surface area contributed by atoms with Crippen LogP contribution >= 0.6 is 0 Å². The minimum Gasteiger partial charge on any atom is -0.377 e. The molecule has 26 heteroatoms. The van der Waals surface area contributed by atoms with Gasteiger partial charge in [0.15, 0.2) is 0 Å². The lowest BCUT2D eigenvalue weighted by Crippen LogP contribution is -2.52. The van der Waals surface area contributed by atoms with E-state index in [2.05, 4.69) is 18.0 Å². The number of carbonyl (C=O) groups excluding carboxylic acids is 1. The number of carbonyl (C=O) groups is 1. The molecule has 0 fully saturated rings. The van der Waals surface area contributed by atoms with Crippen molar-refractivity contribution in [2.24, 2.45) is 0 Å². The molecule has 0 atom stereocenters. The van der Waals surface area contributed by atoms with Gasteiger partial charge >= 0.3 is 0 Å². The van der Waals surface area contributed by atoms with Crippen molar-refractivity contribution in [3.8, 4) is 0 Å². The van der Waals surface area contributed by atoms with Gasteiger partial charge in [-0.25, -0.2) is 0 Å². The van der Waals surface area contributed by atoms with E-state index < -0.39 is 0 Å². The Bertz CT molecular complexity index is 1280. The van der Waals surface area contributed by atoms with Crippen LogP contribution in [0.4, 0.5) is 0 Å². The number of rotatable bonds is 85. The second-order valence-corrected chi connectivity index (χ2v) is 20.3. The summed E-state index contributed by atoms with van der Waals surface area (Å²) in [6.45, 7) is 26.6.